The van der Waals surface area contributed by atoms with Crippen molar-refractivity contribution < 1.29 is 23.9 Å². The number of hydrogen-bond acceptors (Lipinski definition) is 4. The van der Waals surface area contributed by atoms with E-state index in [1.807, 2.05) is 0 Å². The molecule has 0 atom stereocenters. The highest BCUT2D eigenvalue weighted by Gasteiger charge is 2.17. The predicted octanol–water partition coefficient (Wildman–Crippen LogP) is -0.720. The molecule has 5 nitrogen and oxygen atoms in total. The zero-order chi connectivity index (χ0) is 11.3. The minimum absolute atomic E-state index is 0.353. The molecule has 1 rings (SSSR count). The van der Waals surface area contributed by atoms with Crippen molar-refractivity contribution in [3.63, 3.8) is 0 Å². The van der Waals surface area contributed by atoms with Gasteiger partial charge in [-0.3, -0.25) is 0 Å². The molecule has 1 aromatic heterocycles. The van der Waals surface area contributed by atoms with Crippen LogP contribution in [0.5, 0.6) is 0 Å². The Morgan fingerprint density at radius 1 is 1.13 bits per heavy atom. The molecule has 0 N–H and O–H groups in total. The SMILES string of the molecule is COC(=O)/C(OC)=C(\[O-])[n+]1ccccc1. The molecule has 1 aromatic rings. The van der Waals surface area contributed by atoms with E-state index < -0.39 is 11.9 Å². The fourth-order valence-corrected chi connectivity index (χ4v) is 1.00. The van der Waals surface area contributed by atoms with Crippen LogP contribution in [0.25, 0.3) is 5.88 Å². The molecule has 0 aliphatic carbocycles. The fraction of sp³-hybridized carbons (Fsp3) is 0.200. The summed E-state index contributed by atoms with van der Waals surface area (Å²) in [6.45, 7) is 0. The van der Waals surface area contributed by atoms with Gasteiger partial charge in [0.2, 0.25) is 5.88 Å². The van der Waals surface area contributed by atoms with Crippen LogP contribution in [0.4, 0.5) is 0 Å². The Labute approximate surface area is 87.2 Å². The van der Waals surface area contributed by atoms with Gasteiger partial charge in [-0.15, -0.1) is 0 Å². The zero-order valence-electron chi connectivity index (χ0n) is 8.47. The lowest BCUT2D eigenvalue weighted by Crippen LogP contribution is -2.40. The molecule has 0 saturated carbocycles. The number of esters is 1. The summed E-state index contributed by atoms with van der Waals surface area (Å²) in [5.41, 5.74) is 0. The number of ether oxygens (including phenoxy) is 2. The fourth-order valence-electron chi connectivity index (χ4n) is 1.00. The van der Waals surface area contributed by atoms with Crippen molar-refractivity contribution in [2.75, 3.05) is 14.2 Å². The van der Waals surface area contributed by atoms with E-state index in [0.29, 0.717) is 0 Å². The van der Waals surface area contributed by atoms with Crippen LogP contribution in [0.3, 0.4) is 0 Å². The maximum absolute atomic E-state index is 11.7. The molecule has 0 radical (unpaired) electrons. The van der Waals surface area contributed by atoms with Crippen LogP contribution in [-0.4, -0.2) is 20.2 Å². The van der Waals surface area contributed by atoms with Crippen molar-refractivity contribution in [2.45, 2.75) is 0 Å². The number of carbonyl (C=O) groups excluding carboxylic acids is 1. The highest BCUT2D eigenvalue weighted by atomic mass is 16.6. The molecule has 0 aliphatic heterocycles. The Kier molecular flexibility index (Phi) is 3.68. The van der Waals surface area contributed by atoms with Crippen LogP contribution >= 0.6 is 0 Å². The lowest BCUT2D eigenvalue weighted by Gasteiger charge is -2.09. The van der Waals surface area contributed by atoms with E-state index >= 15 is 0 Å². The Balaban J connectivity index is 3.12. The van der Waals surface area contributed by atoms with E-state index in [9.17, 15) is 9.90 Å². The highest BCUT2D eigenvalue weighted by Crippen LogP contribution is 2.01. The Hall–Kier alpha value is -2.04. The molecule has 0 aromatic carbocycles. The van der Waals surface area contributed by atoms with Crippen molar-refractivity contribution in [3.8, 4) is 0 Å². The van der Waals surface area contributed by atoms with E-state index in [1.165, 1.54) is 31.2 Å². The number of nitrogens with zero attached hydrogens (tertiary/aromatic N) is 1. The van der Waals surface area contributed by atoms with Crippen LogP contribution < -0.4 is 9.67 Å². The second-order valence-corrected chi connectivity index (χ2v) is 2.61. The van der Waals surface area contributed by atoms with Crippen molar-refractivity contribution in [3.05, 3.63) is 36.4 Å². The van der Waals surface area contributed by atoms with Crippen LogP contribution in [-0.2, 0) is 14.3 Å². The molecule has 0 unspecified atom stereocenters. The quantitative estimate of drug-likeness (QED) is 0.285. The van der Waals surface area contributed by atoms with Gasteiger partial charge in [0.25, 0.3) is 5.76 Å². The first-order valence-corrected chi connectivity index (χ1v) is 4.21. The van der Waals surface area contributed by atoms with Gasteiger partial charge < -0.3 is 14.6 Å². The Morgan fingerprint density at radius 2 is 1.73 bits per heavy atom. The standard InChI is InChI=1S/C10H11NO4/c1-14-8(10(13)15-2)9(12)11-6-4-3-5-7-11/h3-7H,1-2H3. The molecular weight excluding hydrogens is 198 g/mol. The number of methoxy groups -OCH3 is 2. The summed E-state index contributed by atoms with van der Waals surface area (Å²) in [6.07, 6.45) is 3.04. The first kappa shape index (κ1) is 11.0. The average molecular weight is 209 g/mol. The van der Waals surface area contributed by atoms with Crippen LogP contribution in [0.2, 0.25) is 0 Å². The Bertz CT molecular complexity index is 372. The Morgan fingerprint density at radius 3 is 2.20 bits per heavy atom. The minimum atomic E-state index is -0.793. The molecule has 5 heteroatoms. The van der Waals surface area contributed by atoms with Crippen molar-refractivity contribution >= 4 is 11.9 Å². The van der Waals surface area contributed by atoms with Gasteiger partial charge in [-0.25, -0.2) is 4.79 Å². The second-order valence-electron chi connectivity index (χ2n) is 2.61. The third-order valence-corrected chi connectivity index (χ3v) is 1.72. The van der Waals surface area contributed by atoms with E-state index in [-0.39, 0.29) is 5.76 Å². The van der Waals surface area contributed by atoms with Crippen LogP contribution in [0, 0.1) is 0 Å². The van der Waals surface area contributed by atoms with Gasteiger partial charge in [-0.1, -0.05) is 6.07 Å². The van der Waals surface area contributed by atoms with Gasteiger partial charge in [0.15, 0.2) is 12.4 Å². The van der Waals surface area contributed by atoms with Gasteiger partial charge in [0, 0.05) is 12.1 Å². The molecule has 80 valence electrons. The number of pyridine rings is 1. The van der Waals surface area contributed by atoms with Crippen LogP contribution in [0.1, 0.15) is 0 Å². The molecule has 0 saturated heterocycles. The predicted molar refractivity (Wildman–Crippen MR) is 48.9 cm³/mol. The molecule has 0 aliphatic rings. The maximum atomic E-state index is 11.7. The van der Waals surface area contributed by atoms with E-state index in [4.69, 9.17) is 4.74 Å². The number of rotatable bonds is 3. The van der Waals surface area contributed by atoms with Crippen molar-refractivity contribution in [2.24, 2.45) is 0 Å². The summed E-state index contributed by atoms with van der Waals surface area (Å²) in [5, 5.41) is 11.7. The third kappa shape index (κ3) is 2.46. The molecule has 15 heavy (non-hydrogen) atoms. The van der Waals surface area contributed by atoms with Crippen LogP contribution in [0.15, 0.2) is 36.4 Å². The zero-order valence-corrected chi connectivity index (χ0v) is 8.47. The largest absolute Gasteiger partial charge is 0.820 e. The van der Waals surface area contributed by atoms with Gasteiger partial charge in [0.05, 0.1) is 14.2 Å². The lowest BCUT2D eigenvalue weighted by molar-refractivity contribution is -0.653. The van der Waals surface area contributed by atoms with Gasteiger partial charge >= 0.3 is 5.97 Å². The number of hydrogen-bond donors (Lipinski definition) is 0. The maximum Gasteiger partial charge on any atom is 0.379 e. The molecule has 1 heterocycles. The van der Waals surface area contributed by atoms with Gasteiger partial charge in [-0.2, -0.15) is 4.57 Å². The summed E-state index contributed by atoms with van der Waals surface area (Å²) < 4.78 is 10.3. The molecule has 0 fully saturated rings. The summed E-state index contributed by atoms with van der Waals surface area (Å²) in [7, 11) is 2.43. The number of aromatic nitrogens is 1. The summed E-state index contributed by atoms with van der Waals surface area (Å²) >= 11 is 0. The van der Waals surface area contributed by atoms with Gasteiger partial charge in [0.1, 0.15) is 0 Å². The second kappa shape index (κ2) is 4.99. The molecule has 0 bridgehead atoms. The van der Waals surface area contributed by atoms with E-state index in [2.05, 4.69) is 4.74 Å². The van der Waals surface area contributed by atoms with Crippen molar-refractivity contribution in [1.82, 2.24) is 0 Å². The highest BCUT2D eigenvalue weighted by molar-refractivity contribution is 5.89. The van der Waals surface area contributed by atoms with Crippen molar-refractivity contribution in [1.29, 1.82) is 0 Å². The van der Waals surface area contributed by atoms with E-state index in [0.717, 1.165) is 0 Å². The third-order valence-electron chi connectivity index (χ3n) is 1.72. The smallest absolute Gasteiger partial charge is 0.379 e. The first-order chi connectivity index (χ1) is 7.20. The first-order valence-electron chi connectivity index (χ1n) is 4.21. The van der Waals surface area contributed by atoms with Gasteiger partial charge in [-0.05, 0) is 0 Å². The van der Waals surface area contributed by atoms with E-state index in [1.54, 1.807) is 18.2 Å². The topological polar surface area (TPSA) is 62.5 Å². The monoisotopic (exact) mass is 209 g/mol. The summed E-state index contributed by atoms with van der Waals surface area (Å²) in [6, 6.07) is 5.10. The summed E-state index contributed by atoms with van der Waals surface area (Å²) in [4.78, 5) is 11.1. The normalized spacial score (nSPS) is 11.6. The average Bonchev–Trinajstić information content (AvgIpc) is 2.30. The minimum Gasteiger partial charge on any atom is -0.820 e. The molecule has 0 spiro atoms. The summed E-state index contributed by atoms with van der Waals surface area (Å²) in [5.74, 6) is -1.71. The lowest BCUT2D eigenvalue weighted by atomic mass is 10.4. The number of carbonyl (C=O) groups is 1. The molecule has 0 amide bonds. The molecular formula is C10H11NO4.